The third-order valence-electron chi connectivity index (χ3n) is 4.76. The second-order valence-electron chi connectivity index (χ2n) is 6.38. The molecule has 1 saturated heterocycles. The molecule has 1 fully saturated rings. The first-order chi connectivity index (χ1) is 12.9. The van der Waals surface area contributed by atoms with Crippen molar-refractivity contribution in [1.82, 2.24) is 4.90 Å². The van der Waals surface area contributed by atoms with Crippen LogP contribution in [0.4, 0.5) is 0 Å². The van der Waals surface area contributed by atoms with E-state index in [1.165, 1.54) is 12.1 Å². The summed E-state index contributed by atoms with van der Waals surface area (Å²) in [6.45, 7) is 7.35. The number of carbonyl (C=O) groups is 1. The molecule has 148 valence electrons. The summed E-state index contributed by atoms with van der Waals surface area (Å²) in [5.74, 6) is 5.37. The maximum absolute atomic E-state index is 13.5. The number of piperidine rings is 1. The van der Waals surface area contributed by atoms with Crippen LogP contribution in [0.3, 0.4) is 0 Å². The zero-order chi connectivity index (χ0) is 19.9. The van der Waals surface area contributed by atoms with Gasteiger partial charge in [-0.15, -0.1) is 5.92 Å². The molecule has 27 heavy (non-hydrogen) atoms. The molecule has 0 bridgehead atoms. The van der Waals surface area contributed by atoms with E-state index >= 15 is 0 Å². The largest absolute Gasteiger partial charge is 0.481 e. The minimum Gasteiger partial charge on any atom is -0.481 e. The predicted octanol–water partition coefficient (Wildman–Crippen LogP) is 2.28. The first-order valence-corrected chi connectivity index (χ1v) is 10.7. The number of esters is 1. The summed E-state index contributed by atoms with van der Waals surface area (Å²) < 4.78 is 36.0. The highest BCUT2D eigenvalue weighted by molar-refractivity contribution is 7.93. The molecule has 2 rings (SSSR count). The van der Waals surface area contributed by atoms with Gasteiger partial charge in [0.1, 0.15) is 12.4 Å². The minimum absolute atomic E-state index is 0.0995. The summed E-state index contributed by atoms with van der Waals surface area (Å²) >= 11 is 0. The molecule has 1 atom stereocenters. The van der Waals surface area contributed by atoms with Gasteiger partial charge in [-0.2, -0.15) is 0 Å². The third kappa shape index (κ3) is 4.45. The van der Waals surface area contributed by atoms with Gasteiger partial charge in [0, 0.05) is 6.54 Å². The molecular formula is C20H27NO5S. The Hall–Kier alpha value is -2.04. The van der Waals surface area contributed by atoms with Crippen LogP contribution in [-0.4, -0.2) is 56.9 Å². The van der Waals surface area contributed by atoms with Gasteiger partial charge in [0.15, 0.2) is 14.6 Å². The van der Waals surface area contributed by atoms with Crippen molar-refractivity contribution in [3.8, 4) is 17.6 Å². The average Bonchev–Trinajstić information content (AvgIpc) is 2.68. The van der Waals surface area contributed by atoms with Crippen LogP contribution in [0, 0.1) is 11.8 Å². The van der Waals surface area contributed by atoms with E-state index in [0.29, 0.717) is 18.7 Å². The summed E-state index contributed by atoms with van der Waals surface area (Å²) in [5.41, 5.74) is 0. The van der Waals surface area contributed by atoms with E-state index in [9.17, 15) is 13.2 Å². The number of carbonyl (C=O) groups excluding carboxylic acids is 1. The van der Waals surface area contributed by atoms with Gasteiger partial charge in [-0.3, -0.25) is 4.79 Å². The van der Waals surface area contributed by atoms with Crippen molar-refractivity contribution in [2.45, 2.75) is 43.3 Å². The number of hydrogen-bond donors (Lipinski definition) is 0. The smallest absolute Gasteiger partial charge is 0.329 e. The van der Waals surface area contributed by atoms with Gasteiger partial charge in [-0.05, 0) is 64.0 Å². The normalized spacial score (nSPS) is 20.4. The van der Waals surface area contributed by atoms with Crippen LogP contribution in [0.5, 0.6) is 5.75 Å². The fraction of sp³-hybridized carbons (Fsp3) is 0.550. The topological polar surface area (TPSA) is 72.9 Å². The number of sulfone groups is 1. The van der Waals surface area contributed by atoms with Crippen molar-refractivity contribution < 1.29 is 22.7 Å². The Balaban J connectivity index is 2.38. The Bertz CT molecular complexity index is 807. The van der Waals surface area contributed by atoms with Crippen LogP contribution in [0.2, 0.25) is 0 Å². The van der Waals surface area contributed by atoms with Crippen LogP contribution >= 0.6 is 0 Å². The van der Waals surface area contributed by atoms with Crippen molar-refractivity contribution in [3.05, 3.63) is 24.3 Å². The molecule has 1 aliphatic rings. The van der Waals surface area contributed by atoms with Gasteiger partial charge in [-0.1, -0.05) is 12.8 Å². The maximum atomic E-state index is 13.5. The average molecular weight is 394 g/mol. The lowest BCUT2D eigenvalue weighted by molar-refractivity contribution is -0.148. The van der Waals surface area contributed by atoms with Crippen LogP contribution in [0.1, 0.15) is 33.6 Å². The predicted molar refractivity (Wildman–Crippen MR) is 103 cm³/mol. The van der Waals surface area contributed by atoms with Crippen molar-refractivity contribution in [1.29, 1.82) is 0 Å². The van der Waals surface area contributed by atoms with E-state index in [-0.39, 0.29) is 31.1 Å². The molecule has 0 spiro atoms. The lowest BCUT2D eigenvalue weighted by Gasteiger charge is -2.39. The third-order valence-corrected chi connectivity index (χ3v) is 7.19. The Labute approximate surface area is 161 Å². The van der Waals surface area contributed by atoms with Gasteiger partial charge in [-0.25, -0.2) is 8.42 Å². The summed E-state index contributed by atoms with van der Waals surface area (Å²) in [7, 11) is -3.93. The Morgan fingerprint density at radius 3 is 2.56 bits per heavy atom. The quantitative estimate of drug-likeness (QED) is 0.523. The first kappa shape index (κ1) is 21.3. The molecule has 0 aromatic heterocycles. The van der Waals surface area contributed by atoms with Gasteiger partial charge in [0.25, 0.3) is 0 Å². The number of ether oxygens (including phenoxy) is 2. The zero-order valence-corrected chi connectivity index (χ0v) is 17.0. The second-order valence-corrected chi connectivity index (χ2v) is 8.64. The SMILES string of the molecule is CC#CCOc1ccc(S(=O)(=O)C2(C(=O)OCC)CCCN(CC)C2)cc1. The monoisotopic (exact) mass is 393 g/mol. The molecule has 0 amide bonds. The highest BCUT2D eigenvalue weighted by atomic mass is 32.2. The first-order valence-electron chi connectivity index (χ1n) is 9.18. The number of benzene rings is 1. The molecule has 0 saturated carbocycles. The highest BCUT2D eigenvalue weighted by Crippen LogP contribution is 2.36. The lowest BCUT2D eigenvalue weighted by Crippen LogP contribution is -2.58. The summed E-state index contributed by atoms with van der Waals surface area (Å²) in [6.07, 6.45) is 0.887. The molecule has 1 aliphatic heterocycles. The van der Waals surface area contributed by atoms with Crippen molar-refractivity contribution in [2.75, 3.05) is 32.8 Å². The molecule has 7 heteroatoms. The standard InChI is InChI=1S/C20H27NO5S/c1-4-7-15-26-17-9-11-18(12-10-17)27(23,24)20(19(22)25-6-3)13-8-14-21(5-2)16-20/h9-12H,5-6,8,13-16H2,1-3H3. The van der Waals surface area contributed by atoms with Crippen LogP contribution in [-0.2, 0) is 19.4 Å². The molecule has 0 N–H and O–H groups in total. The van der Waals surface area contributed by atoms with Gasteiger partial charge in [0.2, 0.25) is 0 Å². The summed E-state index contributed by atoms with van der Waals surface area (Å²) in [5, 5.41) is 0. The van der Waals surface area contributed by atoms with E-state index in [0.717, 1.165) is 6.54 Å². The molecule has 1 unspecified atom stereocenters. The number of rotatable bonds is 7. The Morgan fingerprint density at radius 1 is 1.26 bits per heavy atom. The van der Waals surface area contributed by atoms with Crippen LogP contribution < -0.4 is 4.74 Å². The second kappa shape index (κ2) is 9.25. The maximum Gasteiger partial charge on any atom is 0.329 e. The van der Waals surface area contributed by atoms with Gasteiger partial charge < -0.3 is 14.4 Å². The fourth-order valence-electron chi connectivity index (χ4n) is 3.27. The summed E-state index contributed by atoms with van der Waals surface area (Å²) in [6, 6.07) is 6.14. The zero-order valence-electron chi connectivity index (χ0n) is 16.2. The van der Waals surface area contributed by atoms with Crippen LogP contribution in [0.25, 0.3) is 0 Å². The lowest BCUT2D eigenvalue weighted by atomic mass is 9.97. The van der Waals surface area contributed by atoms with Crippen molar-refractivity contribution >= 4 is 15.8 Å². The number of likely N-dealkylation sites (tertiary alicyclic amines) is 1. The van der Waals surface area contributed by atoms with E-state index < -0.39 is 20.6 Å². The molecule has 0 aliphatic carbocycles. The molecule has 1 aromatic rings. The molecule has 1 aromatic carbocycles. The van der Waals surface area contributed by atoms with Crippen molar-refractivity contribution in [2.24, 2.45) is 0 Å². The minimum atomic E-state index is -3.93. The van der Waals surface area contributed by atoms with Gasteiger partial charge in [0.05, 0.1) is 11.5 Å². The van der Waals surface area contributed by atoms with E-state index in [1.807, 2.05) is 11.8 Å². The molecule has 6 nitrogen and oxygen atoms in total. The van der Waals surface area contributed by atoms with E-state index in [2.05, 4.69) is 11.8 Å². The number of hydrogen-bond acceptors (Lipinski definition) is 6. The molecular weight excluding hydrogens is 366 g/mol. The molecule has 0 radical (unpaired) electrons. The Kier molecular flexibility index (Phi) is 7.28. The fourth-order valence-corrected chi connectivity index (χ4v) is 5.26. The highest BCUT2D eigenvalue weighted by Gasteiger charge is 2.54. The van der Waals surface area contributed by atoms with Crippen LogP contribution in [0.15, 0.2) is 29.2 Å². The molecule has 1 heterocycles. The van der Waals surface area contributed by atoms with E-state index in [1.54, 1.807) is 26.0 Å². The van der Waals surface area contributed by atoms with Gasteiger partial charge >= 0.3 is 5.97 Å². The Morgan fingerprint density at radius 2 is 1.96 bits per heavy atom. The van der Waals surface area contributed by atoms with E-state index in [4.69, 9.17) is 9.47 Å². The summed E-state index contributed by atoms with van der Waals surface area (Å²) in [4.78, 5) is 14.9. The number of nitrogens with zero attached hydrogens (tertiary/aromatic N) is 1. The van der Waals surface area contributed by atoms with Crippen molar-refractivity contribution in [3.63, 3.8) is 0 Å².